The van der Waals surface area contributed by atoms with Crippen molar-refractivity contribution in [1.29, 1.82) is 0 Å². The smallest absolute Gasteiger partial charge is 0.338 e. The highest BCUT2D eigenvalue weighted by atomic mass is 16.5. The van der Waals surface area contributed by atoms with E-state index >= 15 is 0 Å². The summed E-state index contributed by atoms with van der Waals surface area (Å²) in [6, 6.07) is 14.9. The van der Waals surface area contributed by atoms with E-state index in [2.05, 4.69) is 17.6 Å². The molecular formula is C23H28N2O3. The number of amides is 1. The van der Waals surface area contributed by atoms with Crippen molar-refractivity contribution in [3.63, 3.8) is 0 Å². The lowest BCUT2D eigenvalue weighted by atomic mass is 9.98. The number of carbonyl (C=O) groups is 2. The van der Waals surface area contributed by atoms with Crippen LogP contribution in [0.5, 0.6) is 0 Å². The van der Waals surface area contributed by atoms with Gasteiger partial charge in [-0.2, -0.15) is 0 Å². The van der Waals surface area contributed by atoms with Crippen molar-refractivity contribution < 1.29 is 14.3 Å². The first kappa shape index (κ1) is 19.9. The molecule has 5 heteroatoms. The third-order valence-corrected chi connectivity index (χ3v) is 5.05. The Labute approximate surface area is 166 Å². The number of aryl methyl sites for hydroxylation is 1. The maximum Gasteiger partial charge on any atom is 0.338 e. The summed E-state index contributed by atoms with van der Waals surface area (Å²) in [5, 5.41) is 5.93. The van der Waals surface area contributed by atoms with Gasteiger partial charge in [-0.1, -0.05) is 25.5 Å². The predicted octanol–water partition coefficient (Wildman–Crippen LogP) is 4.79. The molecule has 1 saturated carbocycles. The number of benzene rings is 2. The summed E-state index contributed by atoms with van der Waals surface area (Å²) in [5.74, 6) is -0.392. The maximum atomic E-state index is 12.2. The van der Waals surface area contributed by atoms with Gasteiger partial charge >= 0.3 is 5.97 Å². The molecule has 3 rings (SSSR count). The van der Waals surface area contributed by atoms with Gasteiger partial charge in [0.25, 0.3) is 0 Å². The van der Waals surface area contributed by atoms with Crippen molar-refractivity contribution in [2.75, 3.05) is 17.2 Å². The van der Waals surface area contributed by atoms with E-state index in [9.17, 15) is 9.59 Å². The van der Waals surface area contributed by atoms with E-state index in [-0.39, 0.29) is 24.5 Å². The Bertz CT molecular complexity index is 778. The molecule has 0 unspecified atom stereocenters. The highest BCUT2D eigenvalue weighted by molar-refractivity contribution is 5.94. The van der Waals surface area contributed by atoms with Gasteiger partial charge < -0.3 is 15.4 Å². The number of esters is 1. The molecule has 0 aromatic heterocycles. The number of hydrogen-bond donors (Lipinski definition) is 2. The zero-order valence-electron chi connectivity index (χ0n) is 16.4. The lowest BCUT2D eigenvalue weighted by molar-refractivity contribution is -0.114. The van der Waals surface area contributed by atoms with Gasteiger partial charge in [0.2, 0.25) is 5.91 Å². The number of anilines is 2. The summed E-state index contributed by atoms with van der Waals surface area (Å²) in [4.78, 5) is 24.3. The van der Waals surface area contributed by atoms with E-state index in [0.29, 0.717) is 5.56 Å². The fourth-order valence-corrected chi connectivity index (χ4v) is 3.34. The largest absolute Gasteiger partial charge is 0.459 e. The molecule has 1 amide bonds. The molecule has 0 spiro atoms. The van der Waals surface area contributed by atoms with Gasteiger partial charge in [-0.3, -0.25) is 4.79 Å². The van der Waals surface area contributed by atoms with Crippen LogP contribution in [-0.2, 0) is 16.0 Å². The van der Waals surface area contributed by atoms with Crippen LogP contribution in [0.25, 0.3) is 0 Å². The highest BCUT2D eigenvalue weighted by Gasteiger charge is 2.18. The van der Waals surface area contributed by atoms with Gasteiger partial charge in [-0.15, -0.1) is 0 Å². The first-order valence-electron chi connectivity index (χ1n) is 10.1. The number of ether oxygens (including phenoxy) is 1. The number of hydrogen-bond acceptors (Lipinski definition) is 4. The molecule has 0 atom stereocenters. The minimum Gasteiger partial charge on any atom is -0.459 e. The molecular weight excluding hydrogens is 352 g/mol. The molecule has 2 aromatic rings. The second-order valence-electron chi connectivity index (χ2n) is 7.19. The lowest BCUT2D eigenvalue weighted by Crippen LogP contribution is -2.22. The fourth-order valence-electron chi connectivity index (χ4n) is 3.34. The molecule has 1 aliphatic carbocycles. The van der Waals surface area contributed by atoms with Crippen LogP contribution in [-0.4, -0.2) is 24.5 Å². The van der Waals surface area contributed by atoms with Gasteiger partial charge in [-0.25, -0.2) is 4.79 Å². The Morgan fingerprint density at radius 1 is 0.929 bits per heavy atom. The van der Waals surface area contributed by atoms with E-state index in [1.54, 1.807) is 24.3 Å². The molecule has 0 aliphatic heterocycles. The van der Waals surface area contributed by atoms with E-state index in [4.69, 9.17) is 4.74 Å². The molecule has 2 aromatic carbocycles. The molecule has 0 radical (unpaired) electrons. The topological polar surface area (TPSA) is 67.4 Å². The SMILES string of the molecule is CCc1ccc(NC(=O)CNc2ccc(C(=O)OC3CCCCC3)cc2)cc1. The molecule has 0 bridgehead atoms. The molecule has 1 fully saturated rings. The van der Waals surface area contributed by atoms with E-state index in [1.807, 2.05) is 24.3 Å². The average molecular weight is 380 g/mol. The molecule has 1 aliphatic rings. The zero-order valence-corrected chi connectivity index (χ0v) is 16.4. The van der Waals surface area contributed by atoms with Gasteiger partial charge in [0.15, 0.2) is 0 Å². The number of nitrogens with one attached hydrogen (secondary N) is 2. The highest BCUT2D eigenvalue weighted by Crippen LogP contribution is 2.21. The van der Waals surface area contributed by atoms with Crippen molar-refractivity contribution in [3.8, 4) is 0 Å². The molecule has 0 saturated heterocycles. The van der Waals surface area contributed by atoms with Gasteiger partial charge in [-0.05, 0) is 74.1 Å². The molecule has 28 heavy (non-hydrogen) atoms. The maximum absolute atomic E-state index is 12.2. The summed E-state index contributed by atoms with van der Waals surface area (Å²) < 4.78 is 5.57. The summed E-state index contributed by atoms with van der Waals surface area (Å²) >= 11 is 0. The second-order valence-corrected chi connectivity index (χ2v) is 7.19. The van der Waals surface area contributed by atoms with Crippen molar-refractivity contribution in [1.82, 2.24) is 0 Å². The molecule has 0 heterocycles. The minimum atomic E-state index is -0.272. The lowest BCUT2D eigenvalue weighted by Gasteiger charge is -2.21. The zero-order chi connectivity index (χ0) is 19.8. The first-order chi connectivity index (χ1) is 13.6. The summed E-state index contributed by atoms with van der Waals surface area (Å²) in [7, 11) is 0. The first-order valence-corrected chi connectivity index (χ1v) is 10.1. The second kappa shape index (κ2) is 9.93. The van der Waals surface area contributed by atoms with Crippen LogP contribution in [0.4, 0.5) is 11.4 Å². The van der Waals surface area contributed by atoms with Crippen LogP contribution >= 0.6 is 0 Å². The van der Waals surface area contributed by atoms with Gasteiger partial charge in [0.05, 0.1) is 12.1 Å². The van der Waals surface area contributed by atoms with Crippen LogP contribution in [0, 0.1) is 0 Å². The van der Waals surface area contributed by atoms with Crippen LogP contribution in [0.2, 0.25) is 0 Å². The van der Waals surface area contributed by atoms with Gasteiger partial charge in [0, 0.05) is 11.4 Å². The fraction of sp³-hybridized carbons (Fsp3) is 0.391. The van der Waals surface area contributed by atoms with E-state index in [0.717, 1.165) is 43.5 Å². The summed E-state index contributed by atoms with van der Waals surface area (Å²) in [6.07, 6.45) is 6.43. The summed E-state index contributed by atoms with van der Waals surface area (Å²) in [5.41, 5.74) is 3.34. The Hall–Kier alpha value is -2.82. The Balaban J connectivity index is 1.45. The van der Waals surface area contributed by atoms with Crippen molar-refractivity contribution in [2.45, 2.75) is 51.6 Å². The van der Waals surface area contributed by atoms with E-state index < -0.39 is 0 Å². The van der Waals surface area contributed by atoms with Crippen LogP contribution in [0.1, 0.15) is 54.9 Å². The van der Waals surface area contributed by atoms with Crippen LogP contribution < -0.4 is 10.6 Å². The Kier molecular flexibility index (Phi) is 7.06. The average Bonchev–Trinajstić information content (AvgIpc) is 2.74. The standard InChI is InChI=1S/C23H28N2O3/c1-2-17-8-12-20(13-9-17)25-22(26)16-24-19-14-10-18(11-15-19)23(27)28-21-6-4-3-5-7-21/h8-15,21,24H,2-7,16H2,1H3,(H,25,26). The predicted molar refractivity (Wildman–Crippen MR) is 112 cm³/mol. The van der Waals surface area contributed by atoms with Crippen molar-refractivity contribution in [2.24, 2.45) is 0 Å². The monoisotopic (exact) mass is 380 g/mol. The number of carbonyl (C=O) groups excluding carboxylic acids is 2. The molecule has 148 valence electrons. The Morgan fingerprint density at radius 3 is 2.21 bits per heavy atom. The Morgan fingerprint density at radius 2 is 1.57 bits per heavy atom. The third kappa shape index (κ3) is 5.84. The quantitative estimate of drug-likeness (QED) is 0.678. The third-order valence-electron chi connectivity index (χ3n) is 5.05. The van der Waals surface area contributed by atoms with E-state index in [1.165, 1.54) is 12.0 Å². The molecule has 2 N–H and O–H groups in total. The number of rotatable bonds is 7. The van der Waals surface area contributed by atoms with Crippen LogP contribution in [0.3, 0.4) is 0 Å². The minimum absolute atomic E-state index is 0.0501. The van der Waals surface area contributed by atoms with Crippen LogP contribution in [0.15, 0.2) is 48.5 Å². The van der Waals surface area contributed by atoms with Crippen molar-refractivity contribution in [3.05, 3.63) is 59.7 Å². The van der Waals surface area contributed by atoms with Gasteiger partial charge in [0.1, 0.15) is 6.10 Å². The molecule has 5 nitrogen and oxygen atoms in total. The van der Waals surface area contributed by atoms with Crippen molar-refractivity contribution >= 4 is 23.3 Å². The normalized spacial score (nSPS) is 14.3. The summed E-state index contributed by atoms with van der Waals surface area (Å²) in [6.45, 7) is 2.25.